The number of hydrogen-bond acceptors (Lipinski definition) is 2. The lowest BCUT2D eigenvalue weighted by atomic mass is 10.3. The number of halogens is 2. The van der Waals surface area contributed by atoms with Crippen molar-refractivity contribution in [2.75, 3.05) is 0 Å². The Hall–Kier alpha value is -0.960. The summed E-state index contributed by atoms with van der Waals surface area (Å²) < 4.78 is 12.3. The Morgan fingerprint density at radius 1 is 1.30 bits per heavy atom. The molecule has 2 N–H and O–H groups in total. The van der Waals surface area contributed by atoms with Gasteiger partial charge in [0.15, 0.2) is 17.3 Å². The van der Waals surface area contributed by atoms with E-state index < -0.39 is 17.3 Å². The van der Waals surface area contributed by atoms with Crippen LogP contribution in [0.4, 0.5) is 4.39 Å². The first-order valence-electron chi connectivity index (χ1n) is 2.48. The Balaban J connectivity index is 3.31. The van der Waals surface area contributed by atoms with Crippen molar-refractivity contribution in [1.82, 2.24) is 0 Å². The third kappa shape index (κ3) is 1.14. The van der Waals surface area contributed by atoms with Gasteiger partial charge in [0.2, 0.25) is 0 Å². The number of benzene rings is 1. The normalized spacial score (nSPS) is 9.80. The summed E-state index contributed by atoms with van der Waals surface area (Å²) in [5, 5.41) is 17.4. The first-order chi connectivity index (χ1) is 4.61. The van der Waals surface area contributed by atoms with Gasteiger partial charge in [0.25, 0.3) is 0 Å². The number of hydrogen-bond donors (Lipinski definition) is 2. The standard InChI is InChI=1S/C6H4ClFO2/c7-3-1-4(8)6(10)5(9)2-3/h1-2,9-10H. The van der Waals surface area contributed by atoms with E-state index in [0.29, 0.717) is 0 Å². The fraction of sp³-hybridized carbons (Fsp3) is 0. The smallest absolute Gasteiger partial charge is 0.194 e. The molecule has 2 nitrogen and oxygen atoms in total. The molecule has 1 aromatic rings. The lowest BCUT2D eigenvalue weighted by Crippen LogP contribution is -1.76. The van der Waals surface area contributed by atoms with Gasteiger partial charge in [-0.25, -0.2) is 4.39 Å². The Labute approximate surface area is 61.5 Å². The highest BCUT2D eigenvalue weighted by molar-refractivity contribution is 6.30. The van der Waals surface area contributed by atoms with Crippen LogP contribution < -0.4 is 0 Å². The molecule has 0 bridgehead atoms. The molecule has 0 atom stereocenters. The second-order valence-corrected chi connectivity index (χ2v) is 2.19. The van der Waals surface area contributed by atoms with Gasteiger partial charge in [-0.3, -0.25) is 0 Å². The summed E-state index contributed by atoms with van der Waals surface area (Å²) in [7, 11) is 0. The summed E-state index contributed by atoms with van der Waals surface area (Å²) in [5.41, 5.74) is 0. The molecule has 0 aliphatic carbocycles. The van der Waals surface area contributed by atoms with Crippen LogP contribution in [0.2, 0.25) is 5.02 Å². The number of rotatable bonds is 0. The molecular formula is C6H4ClFO2. The maximum atomic E-state index is 12.3. The van der Waals surface area contributed by atoms with E-state index in [1.165, 1.54) is 0 Å². The number of aromatic hydroxyl groups is 2. The molecule has 0 aliphatic rings. The van der Waals surface area contributed by atoms with E-state index >= 15 is 0 Å². The van der Waals surface area contributed by atoms with Gasteiger partial charge in [0.05, 0.1) is 0 Å². The van der Waals surface area contributed by atoms with Crippen LogP contribution in [0.25, 0.3) is 0 Å². The first kappa shape index (κ1) is 7.15. The molecule has 0 spiro atoms. The zero-order chi connectivity index (χ0) is 7.72. The van der Waals surface area contributed by atoms with Gasteiger partial charge in [-0.05, 0) is 6.07 Å². The van der Waals surface area contributed by atoms with E-state index in [4.69, 9.17) is 21.8 Å². The van der Waals surface area contributed by atoms with Gasteiger partial charge >= 0.3 is 0 Å². The van der Waals surface area contributed by atoms with Crippen molar-refractivity contribution in [3.63, 3.8) is 0 Å². The highest BCUT2D eigenvalue weighted by Crippen LogP contribution is 2.30. The van der Waals surface area contributed by atoms with Crippen molar-refractivity contribution in [1.29, 1.82) is 0 Å². The lowest BCUT2D eigenvalue weighted by molar-refractivity contribution is 0.379. The summed E-state index contributed by atoms with van der Waals surface area (Å²) >= 11 is 5.31. The molecule has 10 heavy (non-hydrogen) atoms. The molecule has 1 rings (SSSR count). The lowest BCUT2D eigenvalue weighted by Gasteiger charge is -1.97. The second kappa shape index (κ2) is 2.34. The monoisotopic (exact) mass is 162 g/mol. The highest BCUT2D eigenvalue weighted by Gasteiger charge is 2.06. The van der Waals surface area contributed by atoms with Gasteiger partial charge in [-0.1, -0.05) is 11.6 Å². The minimum atomic E-state index is -0.926. The van der Waals surface area contributed by atoms with Crippen LogP contribution in [-0.2, 0) is 0 Å². The predicted octanol–water partition coefficient (Wildman–Crippen LogP) is 1.89. The maximum Gasteiger partial charge on any atom is 0.194 e. The Morgan fingerprint density at radius 2 is 1.90 bits per heavy atom. The van der Waals surface area contributed by atoms with Crippen LogP contribution in [0.15, 0.2) is 12.1 Å². The third-order valence-electron chi connectivity index (χ3n) is 1.01. The highest BCUT2D eigenvalue weighted by atomic mass is 35.5. The van der Waals surface area contributed by atoms with Gasteiger partial charge in [0.1, 0.15) is 0 Å². The minimum absolute atomic E-state index is 0.0489. The number of phenolic OH excluding ortho intramolecular Hbond substituents is 2. The van der Waals surface area contributed by atoms with Crippen LogP contribution in [0.5, 0.6) is 11.5 Å². The summed E-state index contributed by atoms with van der Waals surface area (Å²) in [5.74, 6) is -2.25. The molecule has 0 aromatic heterocycles. The van der Waals surface area contributed by atoms with Crippen LogP contribution in [0.1, 0.15) is 0 Å². The average Bonchev–Trinajstić information content (AvgIpc) is 1.82. The third-order valence-corrected chi connectivity index (χ3v) is 1.23. The summed E-state index contributed by atoms with van der Waals surface area (Å²) in [6, 6.07) is 1.97. The molecule has 0 aliphatic heterocycles. The van der Waals surface area contributed by atoms with Crippen molar-refractivity contribution in [2.45, 2.75) is 0 Å². The fourth-order valence-corrected chi connectivity index (χ4v) is 0.752. The molecule has 1 aromatic carbocycles. The van der Waals surface area contributed by atoms with Crippen molar-refractivity contribution < 1.29 is 14.6 Å². The largest absolute Gasteiger partial charge is 0.504 e. The molecule has 0 saturated carbocycles. The zero-order valence-electron chi connectivity index (χ0n) is 4.81. The Kier molecular flexibility index (Phi) is 1.68. The average molecular weight is 163 g/mol. The first-order valence-corrected chi connectivity index (χ1v) is 2.86. The molecule has 0 fully saturated rings. The minimum Gasteiger partial charge on any atom is -0.504 e. The van der Waals surface area contributed by atoms with E-state index in [1.807, 2.05) is 0 Å². The van der Waals surface area contributed by atoms with E-state index in [0.717, 1.165) is 12.1 Å². The van der Waals surface area contributed by atoms with Crippen molar-refractivity contribution in [2.24, 2.45) is 0 Å². The van der Waals surface area contributed by atoms with Crippen LogP contribution in [-0.4, -0.2) is 10.2 Å². The molecular weight excluding hydrogens is 159 g/mol. The molecule has 0 heterocycles. The summed E-state index contributed by atoms with van der Waals surface area (Å²) in [6.07, 6.45) is 0. The SMILES string of the molecule is Oc1cc(Cl)cc(F)c1O. The van der Waals surface area contributed by atoms with Gasteiger partial charge in [-0.2, -0.15) is 0 Å². The van der Waals surface area contributed by atoms with Crippen LogP contribution in [0.3, 0.4) is 0 Å². The van der Waals surface area contributed by atoms with Crippen molar-refractivity contribution in [3.05, 3.63) is 23.0 Å². The molecule has 0 amide bonds. The van der Waals surface area contributed by atoms with E-state index in [9.17, 15) is 4.39 Å². The molecule has 0 radical (unpaired) electrons. The quantitative estimate of drug-likeness (QED) is 0.572. The number of phenols is 2. The van der Waals surface area contributed by atoms with Crippen molar-refractivity contribution >= 4 is 11.6 Å². The second-order valence-electron chi connectivity index (χ2n) is 1.76. The van der Waals surface area contributed by atoms with E-state index in [2.05, 4.69) is 0 Å². The van der Waals surface area contributed by atoms with Gasteiger partial charge in [0, 0.05) is 11.1 Å². The molecule has 0 saturated heterocycles. The molecule has 4 heteroatoms. The topological polar surface area (TPSA) is 40.5 Å². The zero-order valence-corrected chi connectivity index (χ0v) is 5.56. The summed E-state index contributed by atoms with van der Waals surface area (Å²) in [4.78, 5) is 0. The van der Waals surface area contributed by atoms with Crippen LogP contribution in [0, 0.1) is 5.82 Å². The Morgan fingerprint density at radius 3 is 2.40 bits per heavy atom. The van der Waals surface area contributed by atoms with Crippen molar-refractivity contribution in [3.8, 4) is 11.5 Å². The van der Waals surface area contributed by atoms with Crippen LogP contribution >= 0.6 is 11.6 Å². The molecule has 54 valence electrons. The summed E-state index contributed by atoms with van der Waals surface area (Å²) in [6.45, 7) is 0. The fourth-order valence-electron chi connectivity index (χ4n) is 0.552. The Bertz CT molecular complexity index is 239. The predicted molar refractivity (Wildman–Crippen MR) is 34.7 cm³/mol. The van der Waals surface area contributed by atoms with Gasteiger partial charge in [-0.15, -0.1) is 0 Å². The van der Waals surface area contributed by atoms with E-state index in [1.54, 1.807) is 0 Å². The van der Waals surface area contributed by atoms with Gasteiger partial charge < -0.3 is 10.2 Å². The molecule has 0 unspecified atom stereocenters. The van der Waals surface area contributed by atoms with E-state index in [-0.39, 0.29) is 5.02 Å². The maximum absolute atomic E-state index is 12.3.